The lowest BCUT2D eigenvalue weighted by Gasteiger charge is -2.15. The fourth-order valence-electron chi connectivity index (χ4n) is 2.68. The molecule has 1 aromatic carbocycles. The van der Waals surface area contributed by atoms with E-state index in [9.17, 15) is 18.8 Å². The Bertz CT molecular complexity index is 1160. The van der Waals surface area contributed by atoms with Gasteiger partial charge in [-0.1, -0.05) is 16.8 Å². The van der Waals surface area contributed by atoms with Crippen molar-refractivity contribution >= 4 is 51.5 Å². The number of hydrogen-bond acceptors (Lipinski definition) is 6. The van der Waals surface area contributed by atoms with Crippen molar-refractivity contribution in [1.29, 1.82) is 0 Å². The van der Waals surface area contributed by atoms with Gasteiger partial charge in [-0.25, -0.2) is 4.39 Å². The van der Waals surface area contributed by atoms with Crippen molar-refractivity contribution in [3.8, 4) is 0 Å². The fourth-order valence-corrected chi connectivity index (χ4v) is 3.99. The van der Waals surface area contributed by atoms with Crippen molar-refractivity contribution in [3.05, 3.63) is 62.9 Å². The molecule has 162 valence electrons. The molecule has 0 saturated carbocycles. The van der Waals surface area contributed by atoms with E-state index in [4.69, 9.17) is 16.1 Å². The molecule has 0 aliphatic carbocycles. The molecule has 11 heteroatoms. The Morgan fingerprint density at radius 1 is 1.19 bits per heavy atom. The predicted octanol–water partition coefficient (Wildman–Crippen LogP) is 4.11. The molecule has 0 bridgehead atoms. The molecular weight excluding hydrogens is 447 g/mol. The maximum Gasteiger partial charge on any atom is 0.264 e. The summed E-state index contributed by atoms with van der Waals surface area (Å²) >= 11 is 6.98. The van der Waals surface area contributed by atoms with E-state index < -0.39 is 17.6 Å². The van der Waals surface area contributed by atoms with E-state index in [1.807, 2.05) is 0 Å². The molecule has 0 atom stereocenters. The van der Waals surface area contributed by atoms with E-state index in [1.165, 1.54) is 18.0 Å². The predicted molar refractivity (Wildman–Crippen MR) is 115 cm³/mol. The van der Waals surface area contributed by atoms with Crippen LogP contribution in [0.25, 0.3) is 0 Å². The molecule has 0 aliphatic rings. The molecule has 31 heavy (non-hydrogen) atoms. The first-order valence-electron chi connectivity index (χ1n) is 8.99. The number of rotatable bonds is 6. The Morgan fingerprint density at radius 3 is 2.58 bits per heavy atom. The molecule has 2 aromatic heterocycles. The van der Waals surface area contributed by atoms with Crippen LogP contribution in [-0.4, -0.2) is 41.4 Å². The van der Waals surface area contributed by atoms with Crippen molar-refractivity contribution in [3.63, 3.8) is 0 Å². The molecule has 0 radical (unpaired) electrons. The molecule has 3 rings (SSSR count). The van der Waals surface area contributed by atoms with Gasteiger partial charge in [0, 0.05) is 13.1 Å². The lowest BCUT2D eigenvalue weighted by Crippen LogP contribution is -2.34. The van der Waals surface area contributed by atoms with Gasteiger partial charge in [0.1, 0.15) is 11.6 Å². The second-order valence-electron chi connectivity index (χ2n) is 6.73. The quantitative estimate of drug-likeness (QED) is 0.571. The number of aryl methyl sites for hydroxylation is 2. The summed E-state index contributed by atoms with van der Waals surface area (Å²) in [4.78, 5) is 38.9. The van der Waals surface area contributed by atoms with Gasteiger partial charge in [-0.05, 0) is 43.7 Å². The number of amides is 3. The van der Waals surface area contributed by atoms with Crippen LogP contribution in [0.4, 0.5) is 15.2 Å². The second kappa shape index (κ2) is 9.27. The Kier molecular flexibility index (Phi) is 6.71. The van der Waals surface area contributed by atoms with Gasteiger partial charge in [0.2, 0.25) is 5.91 Å². The van der Waals surface area contributed by atoms with Gasteiger partial charge in [0.25, 0.3) is 11.8 Å². The van der Waals surface area contributed by atoms with Crippen LogP contribution in [0, 0.1) is 19.7 Å². The fraction of sp³-hybridized carbons (Fsp3) is 0.200. The van der Waals surface area contributed by atoms with Crippen molar-refractivity contribution in [2.24, 2.45) is 0 Å². The number of hydrogen-bond donors (Lipinski definition) is 2. The van der Waals surface area contributed by atoms with Gasteiger partial charge in [-0.3, -0.25) is 14.4 Å². The Morgan fingerprint density at radius 2 is 1.94 bits per heavy atom. The first kappa shape index (κ1) is 22.4. The topological polar surface area (TPSA) is 105 Å². The molecule has 0 unspecified atom stereocenters. The number of thiophene rings is 1. The molecule has 2 N–H and O–H groups in total. The summed E-state index contributed by atoms with van der Waals surface area (Å²) < 4.78 is 18.1. The number of carbonyl (C=O) groups excluding carboxylic acids is 3. The van der Waals surface area contributed by atoms with Crippen LogP contribution in [0.3, 0.4) is 0 Å². The van der Waals surface area contributed by atoms with E-state index in [2.05, 4.69) is 15.8 Å². The first-order valence-corrected chi connectivity index (χ1v) is 10.2. The second-order valence-corrected chi connectivity index (χ2v) is 8.19. The Labute approximate surface area is 186 Å². The van der Waals surface area contributed by atoms with E-state index in [-0.39, 0.29) is 28.9 Å². The van der Waals surface area contributed by atoms with Crippen LogP contribution in [0.15, 0.2) is 34.9 Å². The van der Waals surface area contributed by atoms with Gasteiger partial charge in [-0.2, -0.15) is 0 Å². The van der Waals surface area contributed by atoms with Gasteiger partial charge in [0.05, 0.1) is 27.0 Å². The number of halogens is 2. The number of carbonyl (C=O) groups is 3. The Hall–Kier alpha value is -3.24. The number of nitrogens with one attached hydrogen (secondary N) is 2. The summed E-state index contributed by atoms with van der Waals surface area (Å²) in [5.74, 6) is -1.08. The SMILES string of the molecule is Cc1cc(NC(=O)CN(C)C(=O)c2sc(NC(=O)c3ccc(F)cc3Cl)cc2C)no1. The maximum atomic E-state index is 13.2. The first-order chi connectivity index (χ1) is 14.6. The summed E-state index contributed by atoms with van der Waals surface area (Å²) in [6.07, 6.45) is 0. The lowest BCUT2D eigenvalue weighted by atomic mass is 10.2. The van der Waals surface area contributed by atoms with E-state index in [1.54, 1.807) is 26.0 Å². The third-order valence-corrected chi connectivity index (χ3v) is 5.60. The minimum absolute atomic E-state index is 0.0184. The van der Waals surface area contributed by atoms with Gasteiger partial charge in [-0.15, -0.1) is 11.3 Å². The highest BCUT2D eigenvalue weighted by molar-refractivity contribution is 7.18. The summed E-state index contributed by atoms with van der Waals surface area (Å²) in [7, 11) is 1.49. The van der Waals surface area contributed by atoms with Crippen molar-refractivity contribution in [2.75, 3.05) is 24.2 Å². The zero-order valence-electron chi connectivity index (χ0n) is 16.8. The van der Waals surface area contributed by atoms with Gasteiger partial charge >= 0.3 is 0 Å². The summed E-state index contributed by atoms with van der Waals surface area (Å²) in [5.41, 5.74) is 0.744. The zero-order valence-corrected chi connectivity index (χ0v) is 18.4. The molecular formula is C20H18ClFN4O4S. The molecule has 3 aromatic rings. The Balaban J connectivity index is 1.65. The monoisotopic (exact) mass is 464 g/mol. The van der Waals surface area contributed by atoms with Crippen LogP contribution in [-0.2, 0) is 4.79 Å². The van der Waals surface area contributed by atoms with Crippen molar-refractivity contribution in [2.45, 2.75) is 13.8 Å². The smallest absolute Gasteiger partial charge is 0.264 e. The summed E-state index contributed by atoms with van der Waals surface area (Å²) in [6, 6.07) is 6.66. The molecule has 8 nitrogen and oxygen atoms in total. The minimum atomic E-state index is -0.549. The van der Waals surface area contributed by atoms with Crippen LogP contribution >= 0.6 is 22.9 Å². The largest absolute Gasteiger partial charge is 0.360 e. The lowest BCUT2D eigenvalue weighted by molar-refractivity contribution is -0.116. The van der Waals surface area contributed by atoms with Crippen LogP contribution in [0.5, 0.6) is 0 Å². The number of nitrogens with zero attached hydrogens (tertiary/aromatic N) is 2. The van der Waals surface area contributed by atoms with Crippen molar-refractivity contribution in [1.82, 2.24) is 10.1 Å². The summed E-state index contributed by atoms with van der Waals surface area (Å²) in [6.45, 7) is 3.21. The average molecular weight is 465 g/mol. The highest BCUT2D eigenvalue weighted by Crippen LogP contribution is 2.29. The van der Waals surface area contributed by atoms with E-state index in [0.29, 0.717) is 21.2 Å². The number of aromatic nitrogens is 1. The summed E-state index contributed by atoms with van der Waals surface area (Å²) in [5, 5.41) is 9.26. The molecule has 2 heterocycles. The number of anilines is 2. The van der Waals surface area contributed by atoms with E-state index >= 15 is 0 Å². The van der Waals surface area contributed by atoms with Crippen LogP contribution in [0.1, 0.15) is 31.4 Å². The molecule has 3 amide bonds. The number of likely N-dealkylation sites (N-methyl/N-ethyl adjacent to an activating group) is 1. The molecule has 0 fully saturated rings. The third kappa shape index (κ3) is 5.47. The number of benzene rings is 1. The average Bonchev–Trinajstić information content (AvgIpc) is 3.25. The normalized spacial score (nSPS) is 10.6. The zero-order chi connectivity index (χ0) is 22.7. The third-order valence-electron chi connectivity index (χ3n) is 4.15. The standard InChI is InChI=1S/C20H18ClFN4O4S/c1-10-6-17(24-19(28)13-5-4-12(22)8-14(13)21)31-18(10)20(29)26(3)9-16(27)23-15-7-11(2)30-25-15/h4-8H,9H2,1-3H3,(H,24,28)(H,23,25,27). The van der Waals surface area contributed by atoms with Crippen LogP contribution in [0.2, 0.25) is 5.02 Å². The highest BCUT2D eigenvalue weighted by atomic mass is 35.5. The molecule has 0 spiro atoms. The maximum absolute atomic E-state index is 13.2. The van der Waals surface area contributed by atoms with Gasteiger partial charge < -0.3 is 20.1 Å². The van der Waals surface area contributed by atoms with Crippen molar-refractivity contribution < 1.29 is 23.3 Å². The van der Waals surface area contributed by atoms with Gasteiger partial charge in [0.15, 0.2) is 5.82 Å². The minimum Gasteiger partial charge on any atom is -0.360 e. The van der Waals surface area contributed by atoms with Crippen LogP contribution < -0.4 is 10.6 Å². The highest BCUT2D eigenvalue weighted by Gasteiger charge is 2.21. The van der Waals surface area contributed by atoms with E-state index in [0.717, 1.165) is 23.5 Å². The molecule has 0 saturated heterocycles. The molecule has 0 aliphatic heterocycles.